The Morgan fingerprint density at radius 2 is 2.12 bits per heavy atom. The van der Waals surface area contributed by atoms with Gasteiger partial charge in [-0.05, 0) is 43.5 Å². The monoisotopic (exact) mass is 355 g/mol. The standard InChI is InChI=1S/C20H25N3O3/c1-23(14-17-9-5-7-13-25-17)20(24)22-18-10-2-3-11-19(18)26-15-16-8-4-6-12-21-16/h2-4,6,8,10-12,17H,5,7,9,13-15H2,1H3,(H,22,24)/t17-/m1/s1. The number of nitrogens with one attached hydrogen (secondary N) is 1. The number of ether oxygens (including phenoxy) is 2. The SMILES string of the molecule is CN(C[C@H]1CCCCO1)C(=O)Nc1ccccc1OCc1ccccn1. The Morgan fingerprint density at radius 3 is 2.88 bits per heavy atom. The first kappa shape index (κ1) is 18.2. The molecular formula is C20H25N3O3. The molecule has 138 valence electrons. The summed E-state index contributed by atoms with van der Waals surface area (Å²) in [6.45, 7) is 1.71. The number of rotatable bonds is 6. The van der Waals surface area contributed by atoms with Crippen molar-refractivity contribution in [3.8, 4) is 5.75 Å². The fourth-order valence-corrected chi connectivity index (χ4v) is 2.88. The number of carbonyl (C=O) groups is 1. The van der Waals surface area contributed by atoms with Crippen molar-refractivity contribution in [2.45, 2.75) is 32.0 Å². The first-order valence-corrected chi connectivity index (χ1v) is 8.98. The van der Waals surface area contributed by atoms with Crippen LogP contribution < -0.4 is 10.1 Å². The van der Waals surface area contributed by atoms with Crippen molar-refractivity contribution in [3.05, 3.63) is 54.4 Å². The van der Waals surface area contributed by atoms with E-state index in [2.05, 4.69) is 10.3 Å². The van der Waals surface area contributed by atoms with Gasteiger partial charge >= 0.3 is 6.03 Å². The summed E-state index contributed by atoms with van der Waals surface area (Å²) >= 11 is 0. The maximum absolute atomic E-state index is 12.5. The van der Waals surface area contributed by atoms with Gasteiger partial charge in [0.05, 0.1) is 17.5 Å². The second-order valence-corrected chi connectivity index (χ2v) is 6.41. The number of benzene rings is 1. The maximum atomic E-state index is 12.5. The van der Waals surface area contributed by atoms with Crippen molar-refractivity contribution in [1.29, 1.82) is 0 Å². The molecule has 1 N–H and O–H groups in total. The topological polar surface area (TPSA) is 63.7 Å². The lowest BCUT2D eigenvalue weighted by atomic mass is 10.1. The molecule has 0 spiro atoms. The highest BCUT2D eigenvalue weighted by atomic mass is 16.5. The van der Waals surface area contributed by atoms with Gasteiger partial charge in [-0.3, -0.25) is 4.98 Å². The second-order valence-electron chi connectivity index (χ2n) is 6.41. The zero-order valence-corrected chi connectivity index (χ0v) is 15.1. The summed E-state index contributed by atoms with van der Waals surface area (Å²) in [5, 5.41) is 2.92. The van der Waals surface area contributed by atoms with Crippen LogP contribution in [-0.2, 0) is 11.3 Å². The van der Waals surface area contributed by atoms with Crippen LogP contribution in [-0.4, -0.2) is 42.2 Å². The van der Waals surface area contributed by atoms with Crippen molar-refractivity contribution in [2.24, 2.45) is 0 Å². The van der Waals surface area contributed by atoms with Crippen LogP contribution in [0.15, 0.2) is 48.7 Å². The highest BCUT2D eigenvalue weighted by Gasteiger charge is 2.19. The molecule has 2 aromatic rings. The van der Waals surface area contributed by atoms with E-state index in [1.165, 1.54) is 0 Å². The van der Waals surface area contributed by atoms with Crippen molar-refractivity contribution < 1.29 is 14.3 Å². The Hall–Kier alpha value is -2.60. The molecule has 1 saturated heterocycles. The molecular weight excluding hydrogens is 330 g/mol. The number of hydrogen-bond acceptors (Lipinski definition) is 4. The summed E-state index contributed by atoms with van der Waals surface area (Å²) in [6.07, 6.45) is 5.11. The molecule has 1 atom stereocenters. The number of anilines is 1. The minimum Gasteiger partial charge on any atom is -0.485 e. The molecule has 1 aromatic carbocycles. The minimum absolute atomic E-state index is 0.121. The predicted molar refractivity (Wildman–Crippen MR) is 100 cm³/mol. The van der Waals surface area contributed by atoms with Gasteiger partial charge in [0.25, 0.3) is 0 Å². The lowest BCUT2D eigenvalue weighted by Gasteiger charge is -2.27. The van der Waals surface area contributed by atoms with Crippen LogP contribution in [0.4, 0.5) is 10.5 Å². The number of likely N-dealkylation sites (N-methyl/N-ethyl adjacent to an activating group) is 1. The number of para-hydroxylation sites is 2. The average Bonchev–Trinajstić information content (AvgIpc) is 2.69. The van der Waals surface area contributed by atoms with Crippen LogP contribution in [0.3, 0.4) is 0 Å². The number of amides is 2. The summed E-state index contributed by atoms with van der Waals surface area (Å²) in [7, 11) is 1.78. The summed E-state index contributed by atoms with van der Waals surface area (Å²) in [5.74, 6) is 0.619. The Balaban J connectivity index is 1.57. The molecule has 2 heterocycles. The average molecular weight is 355 g/mol. The zero-order valence-electron chi connectivity index (χ0n) is 15.1. The summed E-state index contributed by atoms with van der Waals surface area (Å²) in [4.78, 5) is 18.4. The first-order valence-electron chi connectivity index (χ1n) is 8.98. The second kappa shape index (κ2) is 9.20. The maximum Gasteiger partial charge on any atom is 0.321 e. The number of pyridine rings is 1. The van der Waals surface area contributed by atoms with Crippen molar-refractivity contribution in [1.82, 2.24) is 9.88 Å². The van der Waals surface area contributed by atoms with Gasteiger partial charge in [0, 0.05) is 26.4 Å². The molecule has 6 nitrogen and oxygen atoms in total. The smallest absolute Gasteiger partial charge is 0.321 e. The van der Waals surface area contributed by atoms with E-state index in [4.69, 9.17) is 9.47 Å². The quantitative estimate of drug-likeness (QED) is 0.858. The lowest BCUT2D eigenvalue weighted by molar-refractivity contribution is 0.00463. The third-order valence-corrected chi connectivity index (χ3v) is 4.33. The van der Waals surface area contributed by atoms with E-state index in [1.807, 2.05) is 42.5 Å². The summed E-state index contributed by atoms with van der Waals surface area (Å²) in [6, 6.07) is 12.9. The third kappa shape index (κ3) is 5.20. The molecule has 0 radical (unpaired) electrons. The van der Waals surface area contributed by atoms with Gasteiger partial charge < -0.3 is 19.7 Å². The van der Waals surface area contributed by atoms with Gasteiger partial charge in [-0.2, -0.15) is 0 Å². The number of hydrogen-bond donors (Lipinski definition) is 1. The molecule has 1 aromatic heterocycles. The normalized spacial score (nSPS) is 16.7. The Bertz CT molecular complexity index is 702. The highest BCUT2D eigenvalue weighted by Crippen LogP contribution is 2.25. The van der Waals surface area contributed by atoms with Gasteiger partial charge in [0.2, 0.25) is 0 Å². The van der Waals surface area contributed by atoms with E-state index >= 15 is 0 Å². The molecule has 26 heavy (non-hydrogen) atoms. The van der Waals surface area contributed by atoms with Gasteiger partial charge in [-0.15, -0.1) is 0 Å². The van der Waals surface area contributed by atoms with Crippen molar-refractivity contribution in [3.63, 3.8) is 0 Å². The van der Waals surface area contributed by atoms with Crippen LogP contribution in [0.5, 0.6) is 5.75 Å². The Morgan fingerprint density at radius 1 is 1.27 bits per heavy atom. The van der Waals surface area contributed by atoms with Crippen LogP contribution >= 0.6 is 0 Å². The van der Waals surface area contributed by atoms with E-state index < -0.39 is 0 Å². The molecule has 0 saturated carbocycles. The number of aromatic nitrogens is 1. The van der Waals surface area contributed by atoms with Crippen LogP contribution in [0.25, 0.3) is 0 Å². The van der Waals surface area contributed by atoms with Gasteiger partial charge in [-0.25, -0.2) is 4.79 Å². The number of carbonyl (C=O) groups excluding carboxylic acids is 1. The van der Waals surface area contributed by atoms with Crippen LogP contribution in [0, 0.1) is 0 Å². The van der Waals surface area contributed by atoms with E-state index in [0.29, 0.717) is 24.6 Å². The van der Waals surface area contributed by atoms with Crippen molar-refractivity contribution in [2.75, 3.05) is 25.5 Å². The molecule has 0 aliphatic carbocycles. The first-order chi connectivity index (χ1) is 12.7. The third-order valence-electron chi connectivity index (χ3n) is 4.33. The van der Waals surface area contributed by atoms with Crippen molar-refractivity contribution >= 4 is 11.7 Å². The Kier molecular flexibility index (Phi) is 6.44. The van der Waals surface area contributed by atoms with Gasteiger partial charge in [-0.1, -0.05) is 18.2 Å². The number of urea groups is 1. The number of nitrogens with zero attached hydrogens (tertiary/aromatic N) is 2. The summed E-state index contributed by atoms with van der Waals surface area (Å²) in [5.41, 5.74) is 1.48. The minimum atomic E-state index is -0.173. The Labute approximate surface area is 154 Å². The van der Waals surface area contributed by atoms with Crippen LogP contribution in [0.1, 0.15) is 25.0 Å². The van der Waals surface area contributed by atoms with Crippen LogP contribution in [0.2, 0.25) is 0 Å². The fraction of sp³-hybridized carbons (Fsp3) is 0.400. The summed E-state index contributed by atoms with van der Waals surface area (Å²) < 4.78 is 11.5. The van der Waals surface area contributed by atoms with Gasteiger partial charge in [0.15, 0.2) is 0 Å². The highest BCUT2D eigenvalue weighted by molar-refractivity contribution is 5.90. The van der Waals surface area contributed by atoms with E-state index in [0.717, 1.165) is 31.6 Å². The molecule has 0 unspecified atom stereocenters. The van der Waals surface area contributed by atoms with Gasteiger partial charge in [0.1, 0.15) is 12.4 Å². The zero-order chi connectivity index (χ0) is 18.2. The lowest BCUT2D eigenvalue weighted by Crippen LogP contribution is -2.39. The predicted octanol–water partition coefficient (Wildman–Crippen LogP) is 3.69. The molecule has 0 bridgehead atoms. The molecule has 6 heteroatoms. The molecule has 1 fully saturated rings. The fourth-order valence-electron chi connectivity index (χ4n) is 2.88. The molecule has 2 amide bonds. The molecule has 1 aliphatic heterocycles. The molecule has 1 aliphatic rings. The molecule has 3 rings (SSSR count). The largest absolute Gasteiger partial charge is 0.485 e. The van der Waals surface area contributed by atoms with E-state index in [9.17, 15) is 4.79 Å². The van der Waals surface area contributed by atoms with E-state index in [1.54, 1.807) is 18.1 Å². The van der Waals surface area contributed by atoms with E-state index in [-0.39, 0.29) is 12.1 Å².